The van der Waals surface area contributed by atoms with E-state index in [1.807, 2.05) is 0 Å². The van der Waals surface area contributed by atoms with Crippen LogP contribution in [-0.2, 0) is 0 Å². The Morgan fingerprint density at radius 2 is 2.36 bits per heavy atom. The molecule has 0 aromatic carbocycles. The predicted octanol–water partition coefficient (Wildman–Crippen LogP) is 1.19. The molecular weight excluding hydrogens is 168 g/mol. The lowest BCUT2D eigenvalue weighted by Gasteiger charge is -1.90. The number of hydrogen-bond donors (Lipinski definition) is 0. The number of aromatic nitrogens is 1. The highest BCUT2D eigenvalue weighted by atomic mass is 35.5. The molecule has 0 unspecified atom stereocenters. The van der Waals surface area contributed by atoms with Crippen molar-refractivity contribution in [1.82, 2.24) is 0 Å². The van der Waals surface area contributed by atoms with Gasteiger partial charge in [0.2, 0.25) is 0 Å². The van der Waals surface area contributed by atoms with Crippen molar-refractivity contribution in [3.63, 3.8) is 0 Å². The van der Waals surface area contributed by atoms with E-state index in [0.717, 1.165) is 4.09 Å². The molecule has 0 spiro atoms. The van der Waals surface area contributed by atoms with Crippen molar-refractivity contribution in [2.45, 2.75) is 6.92 Å². The Hall–Kier alpha value is -1.16. The number of rotatable bonds is 1. The summed E-state index contributed by atoms with van der Waals surface area (Å²) in [6, 6.07) is 1.59. The predicted molar refractivity (Wildman–Crippen MR) is 39.3 cm³/mol. The van der Waals surface area contributed by atoms with Crippen molar-refractivity contribution in [2.24, 2.45) is 0 Å². The van der Waals surface area contributed by atoms with Gasteiger partial charge in [-0.25, -0.2) is 0 Å². The van der Waals surface area contributed by atoms with Gasteiger partial charge < -0.3 is 0 Å². The lowest BCUT2D eigenvalue weighted by molar-refractivity contribution is -0.527. The molecule has 0 amide bonds. The summed E-state index contributed by atoms with van der Waals surface area (Å²) in [5.41, 5.74) is 0.634. The van der Waals surface area contributed by atoms with Crippen molar-refractivity contribution in [3.05, 3.63) is 34.1 Å². The summed E-state index contributed by atoms with van der Waals surface area (Å²) in [5, 5.41) is 10.3. The largest absolute Gasteiger partial charge is 0.337 e. The lowest BCUT2D eigenvalue weighted by atomic mass is 10.3. The highest BCUT2D eigenvalue weighted by Gasteiger charge is 2.15. The fourth-order valence-corrected chi connectivity index (χ4v) is 0.870. The van der Waals surface area contributed by atoms with Crippen LogP contribution in [-0.4, -0.2) is 4.92 Å². The van der Waals surface area contributed by atoms with Crippen LogP contribution in [0.15, 0.2) is 18.5 Å². The van der Waals surface area contributed by atoms with E-state index in [9.17, 15) is 10.1 Å². The quantitative estimate of drug-likeness (QED) is 0.473. The van der Waals surface area contributed by atoms with Crippen LogP contribution in [0, 0.1) is 17.0 Å². The Labute approximate surface area is 68.3 Å². The highest BCUT2D eigenvalue weighted by molar-refractivity contribution is 6.04. The van der Waals surface area contributed by atoms with Gasteiger partial charge in [0.15, 0.2) is 6.20 Å². The van der Waals surface area contributed by atoms with E-state index in [2.05, 4.69) is 0 Å². The van der Waals surface area contributed by atoms with E-state index in [1.165, 1.54) is 6.20 Å². The van der Waals surface area contributed by atoms with E-state index < -0.39 is 4.92 Å². The smallest absolute Gasteiger partial charge is 0.258 e. The Morgan fingerprint density at radius 1 is 1.73 bits per heavy atom. The first kappa shape index (κ1) is 7.94. The minimum absolute atomic E-state index is 0.0301. The highest BCUT2D eigenvalue weighted by Crippen LogP contribution is 2.12. The van der Waals surface area contributed by atoms with Gasteiger partial charge in [-0.05, 0) is 6.92 Å². The van der Waals surface area contributed by atoms with E-state index in [0.29, 0.717) is 5.56 Å². The van der Waals surface area contributed by atoms with Crippen molar-refractivity contribution in [3.8, 4) is 0 Å². The van der Waals surface area contributed by atoms with Crippen LogP contribution in [0.5, 0.6) is 0 Å². The average molecular weight is 174 g/mol. The third-order valence-corrected chi connectivity index (χ3v) is 1.52. The van der Waals surface area contributed by atoms with Crippen molar-refractivity contribution >= 4 is 17.5 Å². The zero-order chi connectivity index (χ0) is 8.43. The second-order valence-corrected chi connectivity index (χ2v) is 2.50. The average Bonchev–Trinajstić information content (AvgIpc) is 1.94. The fourth-order valence-electron chi connectivity index (χ4n) is 0.721. The van der Waals surface area contributed by atoms with E-state index >= 15 is 0 Å². The molecule has 4 nitrogen and oxygen atoms in total. The molecule has 0 fully saturated rings. The van der Waals surface area contributed by atoms with Crippen molar-refractivity contribution in [2.75, 3.05) is 0 Å². The van der Waals surface area contributed by atoms with Crippen LogP contribution >= 0.6 is 11.8 Å². The number of halogens is 1. The molecule has 0 aliphatic rings. The van der Waals surface area contributed by atoms with Crippen LogP contribution in [0.1, 0.15) is 5.56 Å². The first-order valence-corrected chi connectivity index (χ1v) is 3.27. The van der Waals surface area contributed by atoms with Crippen molar-refractivity contribution < 1.29 is 9.01 Å². The standard InChI is InChI=1S/C6H6ClN2O2/c1-5-2-3-8(7)4-6(5)9(10)11/h2-4H,1H3/q+1. The van der Waals surface area contributed by atoms with Crippen LogP contribution in [0.4, 0.5) is 5.69 Å². The molecule has 0 bridgehead atoms. The van der Waals surface area contributed by atoms with Gasteiger partial charge in [0.1, 0.15) is 0 Å². The summed E-state index contributed by atoms with van der Waals surface area (Å²) in [5.74, 6) is 0. The van der Waals surface area contributed by atoms with Crippen LogP contribution in [0.2, 0.25) is 0 Å². The molecule has 11 heavy (non-hydrogen) atoms. The molecule has 0 aliphatic carbocycles. The third-order valence-electron chi connectivity index (χ3n) is 1.31. The fraction of sp³-hybridized carbons (Fsp3) is 0.167. The minimum atomic E-state index is -0.464. The van der Waals surface area contributed by atoms with Gasteiger partial charge in [0.25, 0.3) is 18.0 Å². The van der Waals surface area contributed by atoms with E-state index in [4.69, 9.17) is 11.8 Å². The molecule has 1 aromatic rings. The number of pyridine rings is 1. The van der Waals surface area contributed by atoms with Gasteiger partial charge in [-0.1, -0.05) is 4.09 Å². The maximum atomic E-state index is 10.3. The van der Waals surface area contributed by atoms with Gasteiger partial charge >= 0.3 is 5.69 Å². The SMILES string of the molecule is Cc1cc[n+](Cl)cc1[N+](=O)[O-]. The Morgan fingerprint density at radius 3 is 2.82 bits per heavy atom. The first-order valence-electron chi connectivity index (χ1n) is 2.93. The molecule has 58 valence electrons. The summed E-state index contributed by atoms with van der Waals surface area (Å²) in [4.78, 5) is 9.84. The number of nitrogens with zero attached hydrogens (tertiary/aromatic N) is 2. The summed E-state index contributed by atoms with van der Waals surface area (Å²) in [6.07, 6.45) is 2.81. The molecule has 0 N–H and O–H groups in total. The monoisotopic (exact) mass is 173 g/mol. The summed E-state index contributed by atoms with van der Waals surface area (Å²) in [7, 11) is 0. The minimum Gasteiger partial charge on any atom is -0.258 e. The van der Waals surface area contributed by atoms with Crippen LogP contribution in [0.25, 0.3) is 0 Å². The lowest BCUT2D eigenvalue weighted by Crippen LogP contribution is -2.19. The van der Waals surface area contributed by atoms with Crippen LogP contribution < -0.4 is 4.09 Å². The maximum absolute atomic E-state index is 10.3. The zero-order valence-electron chi connectivity index (χ0n) is 5.82. The molecule has 0 saturated carbocycles. The van der Waals surface area contributed by atoms with Gasteiger partial charge in [-0.15, -0.1) is 0 Å². The maximum Gasteiger partial charge on any atom is 0.337 e. The summed E-state index contributed by atoms with van der Waals surface area (Å²) in [6.45, 7) is 1.66. The summed E-state index contributed by atoms with van der Waals surface area (Å²) < 4.78 is 1.13. The normalized spacial score (nSPS) is 9.64. The van der Waals surface area contributed by atoms with Crippen molar-refractivity contribution in [1.29, 1.82) is 0 Å². The Bertz CT molecular complexity index is 301. The summed E-state index contributed by atoms with van der Waals surface area (Å²) >= 11 is 5.47. The molecule has 5 heteroatoms. The third kappa shape index (κ3) is 1.65. The van der Waals surface area contributed by atoms with Gasteiger partial charge in [-0.2, -0.15) is 0 Å². The second-order valence-electron chi connectivity index (χ2n) is 2.11. The molecule has 0 radical (unpaired) electrons. The number of aryl methyl sites for hydroxylation is 1. The molecule has 0 saturated heterocycles. The van der Waals surface area contributed by atoms with Crippen LogP contribution in [0.3, 0.4) is 0 Å². The van der Waals surface area contributed by atoms with Gasteiger partial charge in [0.05, 0.1) is 4.92 Å². The first-order chi connectivity index (χ1) is 5.11. The molecule has 1 rings (SSSR count). The van der Waals surface area contributed by atoms with Gasteiger partial charge in [0, 0.05) is 11.6 Å². The molecule has 1 heterocycles. The van der Waals surface area contributed by atoms with Gasteiger partial charge in [-0.3, -0.25) is 10.1 Å². The zero-order valence-corrected chi connectivity index (χ0v) is 6.58. The topological polar surface area (TPSA) is 47.0 Å². The van der Waals surface area contributed by atoms with E-state index in [-0.39, 0.29) is 5.69 Å². The van der Waals surface area contributed by atoms with E-state index in [1.54, 1.807) is 19.2 Å². The Balaban J connectivity index is 3.23. The molecule has 0 aliphatic heterocycles. The molecule has 0 atom stereocenters. The number of hydrogen-bond acceptors (Lipinski definition) is 2. The number of nitro groups is 1. The Kier molecular flexibility index (Phi) is 2.05. The second kappa shape index (κ2) is 2.84. The molecular formula is C6H6ClN2O2+. The molecule has 1 aromatic heterocycles.